The van der Waals surface area contributed by atoms with E-state index in [1.807, 2.05) is 25.1 Å². The molecule has 0 aliphatic rings. The predicted molar refractivity (Wildman–Crippen MR) is 102 cm³/mol. The Morgan fingerprint density at radius 1 is 1.04 bits per heavy atom. The molecule has 2 aromatic heterocycles. The minimum Gasteiger partial charge on any atom is -0.353 e. The van der Waals surface area contributed by atoms with Crippen LogP contribution >= 0.6 is 0 Å². The van der Waals surface area contributed by atoms with Crippen molar-refractivity contribution in [3.05, 3.63) is 60.2 Å². The topological polar surface area (TPSA) is 66.0 Å². The van der Waals surface area contributed by atoms with Crippen LogP contribution in [0.1, 0.15) is 0 Å². The van der Waals surface area contributed by atoms with Crippen LogP contribution in [0.4, 0.5) is 30.6 Å². The smallest absolute Gasteiger partial charge is 0.225 e. The number of nitrogens with zero attached hydrogens (tertiary/aromatic N) is 4. The summed E-state index contributed by atoms with van der Waals surface area (Å²) in [6.45, 7) is 1.34. The summed E-state index contributed by atoms with van der Waals surface area (Å²) in [7, 11) is 3.88. The Bertz CT molecular complexity index is 950. The molecule has 9 heteroatoms. The van der Waals surface area contributed by atoms with Gasteiger partial charge in [-0.1, -0.05) is 0 Å². The van der Waals surface area contributed by atoms with E-state index in [0.29, 0.717) is 18.2 Å². The molecule has 0 saturated carbocycles. The number of nitrogens with one attached hydrogen (secondary N) is 2. The highest BCUT2D eigenvalue weighted by atomic mass is 19.2. The summed E-state index contributed by atoms with van der Waals surface area (Å²) in [4.78, 5) is 14.8. The lowest BCUT2D eigenvalue weighted by Gasteiger charge is -2.13. The monoisotopic (exact) mass is 388 g/mol. The van der Waals surface area contributed by atoms with Crippen LogP contribution in [-0.2, 0) is 0 Å². The molecule has 0 atom stereocenters. The number of hydrogen-bond donors (Lipinski definition) is 2. The Hall–Kier alpha value is -3.20. The zero-order valence-corrected chi connectivity index (χ0v) is 15.4. The number of hydrogen-bond acceptors (Lipinski definition) is 6. The van der Waals surface area contributed by atoms with Crippen LogP contribution in [0.2, 0.25) is 0 Å². The van der Waals surface area contributed by atoms with Gasteiger partial charge in [0.2, 0.25) is 5.95 Å². The van der Waals surface area contributed by atoms with Crippen molar-refractivity contribution >= 4 is 17.5 Å². The van der Waals surface area contributed by atoms with E-state index < -0.39 is 17.5 Å². The summed E-state index contributed by atoms with van der Waals surface area (Å²) in [5.41, 5.74) is 1.05. The largest absolute Gasteiger partial charge is 0.353 e. The Balaban J connectivity index is 1.94. The molecule has 2 N–H and O–H groups in total. The second-order valence-electron chi connectivity index (χ2n) is 6.28. The summed E-state index contributed by atoms with van der Waals surface area (Å²) in [5, 5.41) is 5.78. The van der Waals surface area contributed by atoms with Crippen LogP contribution < -0.4 is 10.6 Å². The number of anilines is 3. The maximum absolute atomic E-state index is 14.0. The van der Waals surface area contributed by atoms with Crippen LogP contribution in [0.15, 0.2) is 42.7 Å². The number of rotatable bonds is 7. The van der Waals surface area contributed by atoms with Gasteiger partial charge in [0.1, 0.15) is 5.82 Å². The number of benzene rings is 1. The van der Waals surface area contributed by atoms with Crippen molar-refractivity contribution < 1.29 is 13.2 Å². The molecule has 0 bridgehead atoms. The van der Waals surface area contributed by atoms with Gasteiger partial charge in [-0.2, -0.15) is 4.98 Å². The number of halogens is 3. The van der Waals surface area contributed by atoms with Crippen molar-refractivity contribution in [2.45, 2.75) is 0 Å². The van der Waals surface area contributed by atoms with Crippen molar-refractivity contribution in [1.82, 2.24) is 19.9 Å². The molecular formula is C19H19F3N6. The molecule has 0 aliphatic carbocycles. The van der Waals surface area contributed by atoms with E-state index in [1.54, 1.807) is 24.5 Å². The maximum atomic E-state index is 14.0. The second kappa shape index (κ2) is 8.66. The molecule has 0 spiro atoms. The van der Waals surface area contributed by atoms with E-state index in [-0.39, 0.29) is 11.5 Å². The third-order valence-electron chi connectivity index (χ3n) is 3.82. The summed E-state index contributed by atoms with van der Waals surface area (Å²) in [6, 6.07) is 7.12. The van der Waals surface area contributed by atoms with Gasteiger partial charge in [0.25, 0.3) is 0 Å². The second-order valence-corrected chi connectivity index (χ2v) is 6.28. The number of aromatic nitrogens is 3. The van der Waals surface area contributed by atoms with E-state index in [4.69, 9.17) is 0 Å². The lowest BCUT2D eigenvalue weighted by molar-refractivity contribution is 0.425. The molecule has 3 rings (SSSR count). The molecule has 0 radical (unpaired) electrons. The van der Waals surface area contributed by atoms with Gasteiger partial charge in [0.15, 0.2) is 17.5 Å². The predicted octanol–water partition coefficient (Wildman–Crippen LogP) is 3.67. The zero-order valence-electron chi connectivity index (χ0n) is 15.4. The number of pyridine rings is 1. The van der Waals surface area contributed by atoms with Crippen LogP contribution in [0.25, 0.3) is 11.3 Å². The van der Waals surface area contributed by atoms with E-state index in [2.05, 4.69) is 25.6 Å². The molecule has 2 heterocycles. The fourth-order valence-electron chi connectivity index (χ4n) is 2.40. The first-order valence-electron chi connectivity index (χ1n) is 8.52. The third-order valence-corrected chi connectivity index (χ3v) is 3.82. The van der Waals surface area contributed by atoms with Gasteiger partial charge in [-0.05, 0) is 38.4 Å². The molecule has 6 nitrogen and oxygen atoms in total. The molecule has 1 aromatic carbocycles. The fourth-order valence-corrected chi connectivity index (χ4v) is 2.40. The van der Waals surface area contributed by atoms with Gasteiger partial charge in [0.05, 0.1) is 11.4 Å². The Morgan fingerprint density at radius 2 is 1.86 bits per heavy atom. The van der Waals surface area contributed by atoms with E-state index >= 15 is 0 Å². The van der Waals surface area contributed by atoms with Gasteiger partial charge < -0.3 is 15.5 Å². The van der Waals surface area contributed by atoms with E-state index in [0.717, 1.165) is 24.2 Å². The fraction of sp³-hybridized carbons (Fsp3) is 0.211. The first-order chi connectivity index (χ1) is 13.4. The minimum atomic E-state index is -1.55. The number of likely N-dealkylation sites (N-methyl/N-ethyl adjacent to an activating group) is 1. The molecule has 0 amide bonds. The lowest BCUT2D eigenvalue weighted by Crippen LogP contribution is -2.21. The molecule has 3 aromatic rings. The van der Waals surface area contributed by atoms with Gasteiger partial charge >= 0.3 is 0 Å². The SMILES string of the molecule is CN(C)CCNc1nc(Nc2ccc(F)c(F)c2F)cc(-c2cccnc2)n1. The van der Waals surface area contributed by atoms with Crippen LogP contribution in [-0.4, -0.2) is 47.0 Å². The Labute approximate surface area is 160 Å². The summed E-state index contributed by atoms with van der Waals surface area (Å²) < 4.78 is 40.7. The van der Waals surface area contributed by atoms with Crippen LogP contribution in [0, 0.1) is 17.5 Å². The van der Waals surface area contributed by atoms with Crippen molar-refractivity contribution in [2.75, 3.05) is 37.8 Å². The zero-order chi connectivity index (χ0) is 20.1. The van der Waals surface area contributed by atoms with Gasteiger partial charge in [-0.15, -0.1) is 0 Å². The molecule has 28 heavy (non-hydrogen) atoms. The Morgan fingerprint density at radius 3 is 2.57 bits per heavy atom. The van der Waals surface area contributed by atoms with E-state index in [9.17, 15) is 13.2 Å². The average molecular weight is 388 g/mol. The van der Waals surface area contributed by atoms with Gasteiger partial charge in [-0.25, -0.2) is 18.2 Å². The molecule has 146 valence electrons. The summed E-state index contributed by atoms with van der Waals surface area (Å²) in [5.74, 6) is -3.58. The maximum Gasteiger partial charge on any atom is 0.225 e. The molecule has 0 fully saturated rings. The van der Waals surface area contributed by atoms with Crippen molar-refractivity contribution in [1.29, 1.82) is 0 Å². The molecule has 0 aliphatic heterocycles. The molecular weight excluding hydrogens is 369 g/mol. The van der Waals surface area contributed by atoms with Crippen molar-refractivity contribution in [3.63, 3.8) is 0 Å². The van der Waals surface area contributed by atoms with Crippen LogP contribution in [0.3, 0.4) is 0 Å². The summed E-state index contributed by atoms with van der Waals surface area (Å²) >= 11 is 0. The average Bonchev–Trinajstić information content (AvgIpc) is 2.69. The summed E-state index contributed by atoms with van der Waals surface area (Å²) in [6.07, 6.45) is 3.27. The molecule has 0 saturated heterocycles. The van der Waals surface area contributed by atoms with E-state index in [1.165, 1.54) is 0 Å². The van der Waals surface area contributed by atoms with Gasteiger partial charge in [0, 0.05) is 37.1 Å². The highest BCUT2D eigenvalue weighted by Gasteiger charge is 2.15. The first-order valence-corrected chi connectivity index (χ1v) is 8.52. The Kier molecular flexibility index (Phi) is 6.05. The van der Waals surface area contributed by atoms with Crippen LogP contribution in [0.5, 0.6) is 0 Å². The minimum absolute atomic E-state index is 0.228. The normalized spacial score (nSPS) is 10.9. The lowest BCUT2D eigenvalue weighted by atomic mass is 10.2. The van der Waals surface area contributed by atoms with Gasteiger partial charge in [-0.3, -0.25) is 4.98 Å². The molecule has 0 unspecified atom stereocenters. The third kappa shape index (κ3) is 4.74. The quantitative estimate of drug-likeness (QED) is 0.602. The van der Waals surface area contributed by atoms with Crippen molar-refractivity contribution in [3.8, 4) is 11.3 Å². The highest BCUT2D eigenvalue weighted by Crippen LogP contribution is 2.26. The highest BCUT2D eigenvalue weighted by molar-refractivity contribution is 5.67. The standard InChI is InChI=1S/C19H19F3N6/c1-28(2)9-8-24-19-26-15(12-4-3-7-23-11-12)10-16(27-19)25-14-6-5-13(20)17(21)18(14)22/h3-7,10-11H,8-9H2,1-2H3,(H2,24,25,26,27). The first kappa shape index (κ1) is 19.6. The van der Waals surface area contributed by atoms with Crippen molar-refractivity contribution in [2.24, 2.45) is 0 Å².